The maximum absolute atomic E-state index is 13.7. The quantitative estimate of drug-likeness (QED) is 0.469. The molecule has 6 unspecified atom stereocenters. The van der Waals surface area contributed by atoms with Crippen LogP contribution in [0.5, 0.6) is 0 Å². The highest BCUT2D eigenvalue weighted by molar-refractivity contribution is 5.90. The summed E-state index contributed by atoms with van der Waals surface area (Å²) in [5.74, 6) is 0.0427. The number of carbonyl (C=O) groups excluding carboxylic acids is 1. The van der Waals surface area contributed by atoms with Crippen LogP contribution in [0.25, 0.3) is 0 Å². The van der Waals surface area contributed by atoms with E-state index in [9.17, 15) is 19.4 Å². The van der Waals surface area contributed by atoms with Crippen molar-refractivity contribution in [2.75, 3.05) is 0 Å². The molecule has 1 aliphatic heterocycles. The number of rotatable bonds is 10. The lowest BCUT2D eigenvalue weighted by atomic mass is 9.65. The first kappa shape index (κ1) is 26.2. The Morgan fingerprint density at radius 1 is 1.19 bits per heavy atom. The Morgan fingerprint density at radius 3 is 2.31 bits per heavy atom. The highest BCUT2D eigenvalue weighted by atomic mass is 19.1. The highest BCUT2D eigenvalue weighted by Gasteiger charge is 2.41. The molecule has 0 bridgehead atoms. The number of benzene rings is 1. The van der Waals surface area contributed by atoms with Crippen LogP contribution >= 0.6 is 0 Å². The van der Waals surface area contributed by atoms with Crippen LogP contribution in [-0.2, 0) is 4.79 Å². The molecule has 0 aliphatic carbocycles. The molecule has 0 radical (unpaired) electrons. The lowest BCUT2D eigenvalue weighted by Gasteiger charge is -2.43. The van der Waals surface area contributed by atoms with Crippen molar-refractivity contribution in [2.24, 2.45) is 34.4 Å². The minimum Gasteiger partial charge on any atom is -0.392 e. The van der Waals surface area contributed by atoms with E-state index in [1.807, 2.05) is 18.2 Å². The van der Waals surface area contributed by atoms with Crippen molar-refractivity contribution in [3.05, 3.63) is 47.8 Å². The number of amides is 1. The summed E-state index contributed by atoms with van der Waals surface area (Å²) in [6.45, 7) is 10.8. The normalized spacial score (nSPS) is 25.9. The van der Waals surface area contributed by atoms with Crippen molar-refractivity contribution in [1.29, 1.82) is 0 Å². The number of aliphatic imine (C=N–C) groups is 1. The van der Waals surface area contributed by atoms with E-state index >= 15 is 0 Å². The van der Waals surface area contributed by atoms with E-state index in [-0.39, 0.29) is 48.4 Å². The second-order valence-electron chi connectivity index (χ2n) is 9.62. The number of nitrogens with two attached hydrogens (primary N) is 1. The number of nitrogens with zero attached hydrogens (tertiary/aromatic N) is 1. The third-order valence-electron chi connectivity index (χ3n) is 6.40. The average molecular weight is 447 g/mol. The smallest absolute Gasteiger partial charge is 0.220 e. The van der Waals surface area contributed by atoms with E-state index < -0.39 is 18.1 Å². The Hall–Kier alpha value is -2.05. The molecule has 0 saturated heterocycles. The van der Waals surface area contributed by atoms with Gasteiger partial charge in [-0.25, -0.2) is 4.39 Å². The number of hydrogen-bond donors (Lipinski definition) is 3. The number of carbonyl (C=O) groups is 1. The van der Waals surface area contributed by atoms with Gasteiger partial charge in [0, 0.05) is 29.9 Å². The minimum absolute atomic E-state index is 0.0100. The monoisotopic (exact) mass is 446 g/mol. The van der Waals surface area contributed by atoms with Gasteiger partial charge in [0.15, 0.2) is 0 Å². The Kier molecular flexibility index (Phi) is 9.59. The predicted octanol–water partition coefficient (Wildman–Crippen LogP) is 4.23. The summed E-state index contributed by atoms with van der Waals surface area (Å²) in [5.41, 5.74) is 7.39. The van der Waals surface area contributed by atoms with Crippen molar-refractivity contribution >= 4 is 11.6 Å². The van der Waals surface area contributed by atoms with Gasteiger partial charge in [0.25, 0.3) is 0 Å². The summed E-state index contributed by atoms with van der Waals surface area (Å²) in [7, 11) is 0. The van der Waals surface area contributed by atoms with Gasteiger partial charge in [0.1, 0.15) is 5.82 Å². The lowest BCUT2D eigenvalue weighted by molar-refractivity contribution is -0.120. The lowest BCUT2D eigenvalue weighted by Crippen LogP contribution is -2.42. The number of hydrogen-bond acceptors (Lipinski definition) is 4. The average Bonchev–Trinajstić information content (AvgIpc) is 2.70. The number of aliphatic hydroxyl groups excluding tert-OH is 2. The standard InChI is InChI=1S/C26H39FN2O3/c1-6-21-24(17-7-9-18(27)10-8-17)22(26(16(4)5)29-25(21)15(2)3)12-11-19(30)13-20(31)14-23(28)32/h7-12,15-16,19-22,24,26,30-31H,6,13-14H2,1-5H3,(H2,28,32)/b12-11+. The van der Waals surface area contributed by atoms with E-state index in [4.69, 9.17) is 10.7 Å². The SMILES string of the molecule is CCC1C(C(C)C)=NC(C(C)C)C(/C=C/C(O)CC(O)CC(N)=O)C1c1ccc(F)cc1. The maximum Gasteiger partial charge on any atom is 0.220 e. The van der Waals surface area contributed by atoms with Crippen LogP contribution in [-0.4, -0.2) is 40.1 Å². The molecule has 1 heterocycles. The molecule has 0 aromatic heterocycles. The van der Waals surface area contributed by atoms with Crippen LogP contribution in [0, 0.1) is 29.5 Å². The minimum atomic E-state index is -0.985. The van der Waals surface area contributed by atoms with E-state index in [2.05, 4.69) is 34.6 Å². The molecule has 0 spiro atoms. The van der Waals surface area contributed by atoms with Gasteiger partial charge in [0.05, 0.1) is 24.7 Å². The van der Waals surface area contributed by atoms with Crippen molar-refractivity contribution in [3.63, 3.8) is 0 Å². The fraction of sp³-hybridized carbons (Fsp3) is 0.615. The van der Waals surface area contributed by atoms with Gasteiger partial charge in [-0.05, 0) is 36.0 Å². The number of aliphatic hydroxyl groups is 2. The van der Waals surface area contributed by atoms with E-state index in [1.165, 1.54) is 17.8 Å². The van der Waals surface area contributed by atoms with Gasteiger partial charge in [-0.1, -0.05) is 58.9 Å². The van der Waals surface area contributed by atoms with Crippen LogP contribution in [0.1, 0.15) is 65.4 Å². The molecule has 1 amide bonds. The molecular formula is C26H39FN2O3. The number of primary amides is 1. The van der Waals surface area contributed by atoms with Crippen molar-refractivity contribution < 1.29 is 19.4 Å². The van der Waals surface area contributed by atoms with E-state index in [0.29, 0.717) is 5.92 Å². The first-order chi connectivity index (χ1) is 15.0. The van der Waals surface area contributed by atoms with Crippen molar-refractivity contribution in [2.45, 2.75) is 78.0 Å². The zero-order valence-electron chi connectivity index (χ0n) is 19.9. The topological polar surface area (TPSA) is 95.9 Å². The first-order valence-electron chi connectivity index (χ1n) is 11.7. The van der Waals surface area contributed by atoms with Crippen LogP contribution in [0.3, 0.4) is 0 Å². The second-order valence-corrected chi connectivity index (χ2v) is 9.62. The van der Waals surface area contributed by atoms with Gasteiger partial charge in [0.2, 0.25) is 5.91 Å². The Bertz CT molecular complexity index is 804. The fourth-order valence-corrected chi connectivity index (χ4v) is 4.95. The molecular weight excluding hydrogens is 407 g/mol. The van der Waals surface area contributed by atoms with E-state index in [1.54, 1.807) is 6.08 Å². The second kappa shape index (κ2) is 11.7. The third-order valence-corrected chi connectivity index (χ3v) is 6.40. The Balaban J connectivity index is 2.45. The van der Waals surface area contributed by atoms with Crippen LogP contribution in [0.2, 0.25) is 0 Å². The Labute approximate surface area is 191 Å². The zero-order valence-corrected chi connectivity index (χ0v) is 19.9. The molecule has 2 rings (SSSR count). The van der Waals surface area contributed by atoms with E-state index in [0.717, 1.165) is 12.0 Å². The van der Waals surface area contributed by atoms with Gasteiger partial charge in [-0.15, -0.1) is 0 Å². The van der Waals surface area contributed by atoms with Crippen LogP contribution in [0.4, 0.5) is 4.39 Å². The molecule has 0 saturated carbocycles. The molecule has 6 atom stereocenters. The van der Waals surface area contributed by atoms with Gasteiger partial charge < -0.3 is 15.9 Å². The molecule has 0 fully saturated rings. The summed E-state index contributed by atoms with van der Waals surface area (Å²) in [6, 6.07) is 6.74. The Morgan fingerprint density at radius 2 is 1.81 bits per heavy atom. The largest absolute Gasteiger partial charge is 0.392 e. The summed E-state index contributed by atoms with van der Waals surface area (Å²) in [4.78, 5) is 16.2. The zero-order chi connectivity index (χ0) is 24.0. The molecule has 178 valence electrons. The van der Waals surface area contributed by atoms with Crippen LogP contribution < -0.4 is 5.73 Å². The highest BCUT2D eigenvalue weighted by Crippen LogP contribution is 2.45. The third kappa shape index (κ3) is 6.72. The maximum atomic E-state index is 13.7. The fourth-order valence-electron chi connectivity index (χ4n) is 4.95. The summed E-state index contributed by atoms with van der Waals surface area (Å²) in [6.07, 6.45) is 2.59. The van der Waals surface area contributed by atoms with Gasteiger partial charge in [-0.2, -0.15) is 0 Å². The summed E-state index contributed by atoms with van der Waals surface area (Å²) in [5, 5.41) is 20.4. The summed E-state index contributed by atoms with van der Waals surface area (Å²) >= 11 is 0. The molecule has 1 aromatic rings. The molecule has 1 aromatic carbocycles. The molecule has 32 heavy (non-hydrogen) atoms. The van der Waals surface area contributed by atoms with Crippen molar-refractivity contribution in [1.82, 2.24) is 0 Å². The number of halogens is 1. The van der Waals surface area contributed by atoms with Gasteiger partial charge in [-0.3, -0.25) is 9.79 Å². The predicted molar refractivity (Wildman–Crippen MR) is 127 cm³/mol. The first-order valence-corrected chi connectivity index (χ1v) is 11.7. The van der Waals surface area contributed by atoms with Crippen LogP contribution in [0.15, 0.2) is 41.4 Å². The molecule has 4 N–H and O–H groups in total. The van der Waals surface area contributed by atoms with Crippen molar-refractivity contribution in [3.8, 4) is 0 Å². The molecule has 5 nitrogen and oxygen atoms in total. The van der Waals surface area contributed by atoms with Gasteiger partial charge >= 0.3 is 0 Å². The molecule has 6 heteroatoms. The summed E-state index contributed by atoms with van der Waals surface area (Å²) < 4.78 is 13.7. The molecule has 1 aliphatic rings.